The fraction of sp³-hybridized carbons (Fsp3) is 0.294. The summed E-state index contributed by atoms with van der Waals surface area (Å²) in [6, 6.07) is 6.03. The normalized spacial score (nSPS) is 13.8. The lowest BCUT2D eigenvalue weighted by Crippen LogP contribution is -2.28. The first kappa shape index (κ1) is 18.0. The number of benzene rings is 1. The summed E-state index contributed by atoms with van der Waals surface area (Å²) in [5.41, 5.74) is 1.59. The number of anilines is 1. The van der Waals surface area contributed by atoms with Crippen LogP contribution >= 0.6 is 11.3 Å². The van der Waals surface area contributed by atoms with Gasteiger partial charge < -0.3 is 4.90 Å². The predicted molar refractivity (Wildman–Crippen MR) is 102 cm³/mol. The second-order valence-corrected chi connectivity index (χ2v) is 7.45. The molecule has 2 aromatic heterocycles. The summed E-state index contributed by atoms with van der Waals surface area (Å²) >= 11 is 1.16. The average Bonchev–Trinajstić information content (AvgIpc) is 3.18. The molecule has 2 amide bonds. The summed E-state index contributed by atoms with van der Waals surface area (Å²) in [4.78, 5) is 40.7. The Labute approximate surface area is 162 Å². The average molecular weight is 400 g/mol. The van der Waals surface area contributed by atoms with Crippen molar-refractivity contribution in [2.45, 2.75) is 26.4 Å². The number of aromatic nitrogens is 3. The van der Waals surface area contributed by atoms with Crippen LogP contribution in [0.4, 0.5) is 10.8 Å². The Morgan fingerprint density at radius 3 is 2.86 bits per heavy atom. The van der Waals surface area contributed by atoms with E-state index in [4.69, 9.17) is 0 Å². The lowest BCUT2D eigenvalue weighted by molar-refractivity contribution is -0.384. The number of aryl methyl sites for hydroxylation is 1. The molecule has 3 heterocycles. The highest BCUT2D eigenvalue weighted by molar-refractivity contribution is 7.22. The van der Waals surface area contributed by atoms with Crippen LogP contribution in [-0.4, -0.2) is 42.9 Å². The fourth-order valence-electron chi connectivity index (χ4n) is 3.08. The van der Waals surface area contributed by atoms with E-state index in [0.717, 1.165) is 23.5 Å². The van der Waals surface area contributed by atoms with Gasteiger partial charge in [-0.05, 0) is 18.6 Å². The molecule has 11 heteroatoms. The molecule has 3 aromatic rings. The van der Waals surface area contributed by atoms with E-state index in [9.17, 15) is 19.7 Å². The molecule has 1 aliphatic rings. The van der Waals surface area contributed by atoms with Gasteiger partial charge in [-0.3, -0.25) is 29.7 Å². The van der Waals surface area contributed by atoms with Crippen molar-refractivity contribution < 1.29 is 14.5 Å². The molecule has 0 saturated heterocycles. The highest BCUT2D eigenvalue weighted by atomic mass is 32.1. The standard InChI is InChI=1S/C17H16N6O4S/c1-10(24)21-5-2-6-22-12(9-21)7-14(20-22)16(25)19-17-18-13-4-3-11(23(26)27)8-15(13)28-17/h3-4,7-8H,2,5-6,9H2,1H3,(H,18,19,25). The van der Waals surface area contributed by atoms with Crippen LogP contribution < -0.4 is 5.32 Å². The second-order valence-electron chi connectivity index (χ2n) is 6.42. The third kappa shape index (κ3) is 3.43. The maximum Gasteiger partial charge on any atom is 0.277 e. The number of nitrogens with one attached hydrogen (secondary N) is 1. The third-order valence-corrected chi connectivity index (χ3v) is 5.43. The van der Waals surface area contributed by atoms with Crippen molar-refractivity contribution in [2.75, 3.05) is 11.9 Å². The summed E-state index contributed by atoms with van der Waals surface area (Å²) in [5.74, 6) is -0.423. The lowest BCUT2D eigenvalue weighted by atomic mass is 10.3. The zero-order valence-corrected chi connectivity index (χ0v) is 15.7. The minimum absolute atomic E-state index is 0.00998. The molecule has 0 atom stereocenters. The number of hydrogen-bond donors (Lipinski definition) is 1. The van der Waals surface area contributed by atoms with Gasteiger partial charge in [0.05, 0.1) is 27.4 Å². The van der Waals surface area contributed by atoms with E-state index in [1.165, 1.54) is 19.1 Å². The number of carbonyl (C=O) groups excluding carboxylic acids is 2. The van der Waals surface area contributed by atoms with E-state index >= 15 is 0 Å². The number of nitro groups is 1. The maximum absolute atomic E-state index is 12.6. The van der Waals surface area contributed by atoms with E-state index in [1.807, 2.05) is 0 Å². The number of nitro benzene ring substituents is 1. The van der Waals surface area contributed by atoms with Gasteiger partial charge >= 0.3 is 0 Å². The van der Waals surface area contributed by atoms with Crippen LogP contribution in [0.15, 0.2) is 24.3 Å². The molecule has 0 saturated carbocycles. The Balaban J connectivity index is 1.54. The second kappa shape index (κ2) is 7.00. The number of hydrogen-bond acceptors (Lipinski definition) is 7. The van der Waals surface area contributed by atoms with Crippen molar-refractivity contribution >= 4 is 44.2 Å². The molecule has 0 radical (unpaired) electrons. The first-order valence-electron chi connectivity index (χ1n) is 8.59. The van der Waals surface area contributed by atoms with E-state index < -0.39 is 10.8 Å². The SMILES string of the molecule is CC(=O)N1CCCn2nc(C(=O)Nc3nc4ccc([N+](=O)[O-])cc4s3)cc2C1. The largest absolute Gasteiger partial charge is 0.337 e. The highest BCUT2D eigenvalue weighted by Crippen LogP contribution is 2.29. The number of carbonyl (C=O) groups is 2. The molecule has 0 unspecified atom stereocenters. The van der Waals surface area contributed by atoms with Gasteiger partial charge in [-0.1, -0.05) is 11.3 Å². The molecule has 10 nitrogen and oxygen atoms in total. The molecule has 0 aliphatic carbocycles. The minimum atomic E-state index is -0.472. The van der Waals surface area contributed by atoms with Gasteiger partial charge in [0, 0.05) is 32.1 Å². The summed E-state index contributed by atoms with van der Waals surface area (Å²) in [6.45, 7) is 3.24. The van der Waals surface area contributed by atoms with Crippen molar-refractivity contribution in [1.29, 1.82) is 0 Å². The Hall–Kier alpha value is -3.34. The zero-order chi connectivity index (χ0) is 19.8. The van der Waals surface area contributed by atoms with E-state index in [-0.39, 0.29) is 17.3 Å². The number of thiazole rings is 1. The van der Waals surface area contributed by atoms with Crippen LogP contribution in [0.25, 0.3) is 10.2 Å². The number of fused-ring (bicyclic) bond motifs is 2. The highest BCUT2D eigenvalue weighted by Gasteiger charge is 2.21. The Morgan fingerprint density at radius 1 is 1.29 bits per heavy atom. The quantitative estimate of drug-likeness (QED) is 0.532. The van der Waals surface area contributed by atoms with Crippen molar-refractivity contribution in [1.82, 2.24) is 19.7 Å². The van der Waals surface area contributed by atoms with Gasteiger partial charge in [0.2, 0.25) is 5.91 Å². The van der Waals surface area contributed by atoms with Crippen molar-refractivity contribution in [2.24, 2.45) is 0 Å². The van der Waals surface area contributed by atoms with Crippen LogP contribution in [0.3, 0.4) is 0 Å². The maximum atomic E-state index is 12.6. The monoisotopic (exact) mass is 400 g/mol. The van der Waals surface area contributed by atoms with Crippen LogP contribution in [-0.2, 0) is 17.9 Å². The van der Waals surface area contributed by atoms with Crippen molar-refractivity contribution in [3.05, 3.63) is 45.8 Å². The molecule has 0 fully saturated rings. The summed E-state index contributed by atoms with van der Waals surface area (Å²) in [5, 5.41) is 18.3. The van der Waals surface area contributed by atoms with Crippen LogP contribution in [0.5, 0.6) is 0 Å². The topological polar surface area (TPSA) is 123 Å². The molecule has 0 bridgehead atoms. The predicted octanol–water partition coefficient (Wildman–Crippen LogP) is 2.41. The van der Waals surface area contributed by atoms with E-state index in [1.54, 1.807) is 21.7 Å². The Morgan fingerprint density at radius 2 is 2.11 bits per heavy atom. The fourth-order valence-corrected chi connectivity index (χ4v) is 3.98. The van der Waals surface area contributed by atoms with Gasteiger partial charge in [0.15, 0.2) is 10.8 Å². The molecular formula is C17H16N6O4S. The van der Waals surface area contributed by atoms with E-state index in [0.29, 0.717) is 35.0 Å². The van der Waals surface area contributed by atoms with Crippen LogP contribution in [0.2, 0.25) is 0 Å². The van der Waals surface area contributed by atoms with Gasteiger partial charge in [-0.25, -0.2) is 4.98 Å². The molecular weight excluding hydrogens is 384 g/mol. The van der Waals surface area contributed by atoms with Gasteiger partial charge in [-0.15, -0.1) is 0 Å². The first-order chi connectivity index (χ1) is 13.4. The summed E-state index contributed by atoms with van der Waals surface area (Å²) < 4.78 is 2.36. The number of amides is 2. The summed E-state index contributed by atoms with van der Waals surface area (Å²) in [6.07, 6.45) is 0.770. The first-order valence-corrected chi connectivity index (χ1v) is 9.41. The summed E-state index contributed by atoms with van der Waals surface area (Å²) in [7, 11) is 0. The van der Waals surface area contributed by atoms with Gasteiger partial charge in [0.25, 0.3) is 11.6 Å². The Bertz CT molecular complexity index is 1100. The van der Waals surface area contributed by atoms with Crippen molar-refractivity contribution in [3.8, 4) is 0 Å². The smallest absolute Gasteiger partial charge is 0.277 e. The molecule has 1 aromatic carbocycles. The molecule has 1 N–H and O–H groups in total. The lowest BCUT2D eigenvalue weighted by Gasteiger charge is -2.17. The van der Waals surface area contributed by atoms with Crippen LogP contribution in [0.1, 0.15) is 29.5 Å². The molecule has 28 heavy (non-hydrogen) atoms. The number of nitrogens with zero attached hydrogens (tertiary/aromatic N) is 5. The number of rotatable bonds is 3. The van der Waals surface area contributed by atoms with Gasteiger partial charge in [0.1, 0.15) is 0 Å². The van der Waals surface area contributed by atoms with Crippen molar-refractivity contribution in [3.63, 3.8) is 0 Å². The molecule has 144 valence electrons. The van der Waals surface area contributed by atoms with Gasteiger partial charge in [-0.2, -0.15) is 5.10 Å². The molecule has 0 spiro atoms. The minimum Gasteiger partial charge on any atom is -0.337 e. The third-order valence-electron chi connectivity index (χ3n) is 4.50. The molecule has 1 aliphatic heterocycles. The van der Waals surface area contributed by atoms with Crippen LogP contribution in [0, 0.1) is 10.1 Å². The zero-order valence-electron chi connectivity index (χ0n) is 14.9. The Kier molecular flexibility index (Phi) is 4.51. The number of non-ortho nitro benzene ring substituents is 1. The van der Waals surface area contributed by atoms with E-state index in [2.05, 4.69) is 15.4 Å². The molecule has 4 rings (SSSR count).